The Morgan fingerprint density at radius 1 is 1.35 bits per heavy atom. The van der Waals surface area contributed by atoms with Crippen LogP contribution in [0.5, 0.6) is 0 Å². The van der Waals surface area contributed by atoms with Crippen LogP contribution in [0.3, 0.4) is 0 Å². The van der Waals surface area contributed by atoms with Crippen molar-refractivity contribution in [3.63, 3.8) is 0 Å². The van der Waals surface area contributed by atoms with Gasteiger partial charge in [-0.25, -0.2) is 0 Å². The summed E-state index contributed by atoms with van der Waals surface area (Å²) in [6.07, 6.45) is -3.59. The van der Waals surface area contributed by atoms with E-state index in [0.717, 1.165) is 12.3 Å². The van der Waals surface area contributed by atoms with Crippen molar-refractivity contribution in [3.05, 3.63) is 28.5 Å². The van der Waals surface area contributed by atoms with E-state index in [2.05, 4.69) is 10.3 Å². The standard InChI is InChI=1S/C11H14ClF3N2/c1-6(7(2)16-3)10-9(12)4-8(5-17-10)11(13,14)15/h4-7,16H,1-3H3. The van der Waals surface area contributed by atoms with Crippen molar-refractivity contribution in [3.8, 4) is 0 Å². The highest BCUT2D eigenvalue weighted by molar-refractivity contribution is 6.31. The van der Waals surface area contributed by atoms with Crippen molar-refractivity contribution in [2.24, 2.45) is 0 Å². The van der Waals surface area contributed by atoms with Crippen molar-refractivity contribution in [1.29, 1.82) is 0 Å². The van der Waals surface area contributed by atoms with E-state index in [1.165, 1.54) is 0 Å². The van der Waals surface area contributed by atoms with Crippen LogP contribution in [0.2, 0.25) is 5.02 Å². The number of hydrogen-bond donors (Lipinski definition) is 1. The van der Waals surface area contributed by atoms with Gasteiger partial charge in [-0.1, -0.05) is 18.5 Å². The molecular formula is C11H14ClF3N2. The number of likely N-dealkylation sites (N-methyl/N-ethyl adjacent to an activating group) is 1. The molecule has 0 fully saturated rings. The van der Waals surface area contributed by atoms with Gasteiger partial charge >= 0.3 is 6.18 Å². The van der Waals surface area contributed by atoms with E-state index >= 15 is 0 Å². The number of aromatic nitrogens is 1. The SMILES string of the molecule is CNC(C)C(C)c1ncc(C(F)(F)F)cc1Cl. The van der Waals surface area contributed by atoms with Gasteiger partial charge in [0.1, 0.15) is 0 Å². The molecule has 2 atom stereocenters. The first-order chi connectivity index (χ1) is 7.77. The second kappa shape index (κ2) is 5.23. The summed E-state index contributed by atoms with van der Waals surface area (Å²) >= 11 is 5.84. The predicted octanol–water partition coefficient (Wildman–Crippen LogP) is 3.47. The number of nitrogens with zero attached hydrogens (tertiary/aromatic N) is 1. The number of rotatable bonds is 3. The largest absolute Gasteiger partial charge is 0.417 e. The summed E-state index contributed by atoms with van der Waals surface area (Å²) in [5.74, 6) is -0.0604. The van der Waals surface area contributed by atoms with E-state index in [-0.39, 0.29) is 17.0 Å². The first-order valence-corrected chi connectivity index (χ1v) is 5.55. The van der Waals surface area contributed by atoms with Gasteiger partial charge < -0.3 is 5.32 Å². The summed E-state index contributed by atoms with van der Waals surface area (Å²) in [4.78, 5) is 3.82. The fourth-order valence-corrected chi connectivity index (χ4v) is 1.76. The number of halogens is 4. The fraction of sp³-hybridized carbons (Fsp3) is 0.545. The molecular weight excluding hydrogens is 253 g/mol. The molecule has 2 unspecified atom stereocenters. The summed E-state index contributed by atoms with van der Waals surface area (Å²) in [5, 5.41) is 3.06. The summed E-state index contributed by atoms with van der Waals surface area (Å²) in [5.41, 5.74) is -0.350. The van der Waals surface area contributed by atoms with E-state index in [9.17, 15) is 13.2 Å². The minimum absolute atomic E-state index is 0.0504. The smallest absolute Gasteiger partial charge is 0.317 e. The minimum atomic E-state index is -4.41. The topological polar surface area (TPSA) is 24.9 Å². The number of alkyl halides is 3. The molecule has 17 heavy (non-hydrogen) atoms. The van der Waals surface area contributed by atoms with E-state index in [1.54, 1.807) is 7.05 Å². The van der Waals surface area contributed by atoms with E-state index < -0.39 is 11.7 Å². The third-order valence-electron chi connectivity index (χ3n) is 2.83. The molecule has 0 saturated heterocycles. The Morgan fingerprint density at radius 3 is 2.35 bits per heavy atom. The van der Waals surface area contributed by atoms with Crippen molar-refractivity contribution < 1.29 is 13.2 Å². The second-order valence-corrected chi connectivity index (χ2v) is 4.36. The van der Waals surface area contributed by atoms with Gasteiger partial charge in [0.05, 0.1) is 16.3 Å². The molecule has 0 aliphatic carbocycles. The van der Waals surface area contributed by atoms with Crippen molar-refractivity contribution >= 4 is 11.6 Å². The molecule has 0 radical (unpaired) electrons. The Labute approximate surface area is 103 Å². The zero-order valence-electron chi connectivity index (χ0n) is 9.77. The molecule has 2 nitrogen and oxygen atoms in total. The maximum absolute atomic E-state index is 12.4. The van der Waals surface area contributed by atoms with Gasteiger partial charge in [-0.05, 0) is 20.0 Å². The Balaban J connectivity index is 3.06. The van der Waals surface area contributed by atoms with Crippen LogP contribution >= 0.6 is 11.6 Å². The Bertz CT molecular complexity index is 393. The minimum Gasteiger partial charge on any atom is -0.317 e. The molecule has 1 heterocycles. The average Bonchev–Trinajstić information content (AvgIpc) is 2.25. The number of hydrogen-bond acceptors (Lipinski definition) is 2. The maximum Gasteiger partial charge on any atom is 0.417 e. The van der Waals surface area contributed by atoms with Gasteiger partial charge in [0.25, 0.3) is 0 Å². The predicted molar refractivity (Wildman–Crippen MR) is 61.2 cm³/mol. The molecule has 0 spiro atoms. The lowest BCUT2D eigenvalue weighted by atomic mass is 9.99. The van der Waals surface area contributed by atoms with Gasteiger partial charge in [-0.2, -0.15) is 13.2 Å². The Morgan fingerprint density at radius 2 is 1.94 bits per heavy atom. The average molecular weight is 267 g/mol. The monoisotopic (exact) mass is 266 g/mol. The van der Waals surface area contributed by atoms with E-state index in [0.29, 0.717) is 5.69 Å². The highest BCUT2D eigenvalue weighted by Crippen LogP contribution is 2.33. The quantitative estimate of drug-likeness (QED) is 0.906. The molecule has 1 aromatic rings. The highest BCUT2D eigenvalue weighted by atomic mass is 35.5. The van der Waals surface area contributed by atoms with Crippen LogP contribution in [0.25, 0.3) is 0 Å². The van der Waals surface area contributed by atoms with Gasteiger partial charge in [0.15, 0.2) is 0 Å². The van der Waals surface area contributed by atoms with Crippen molar-refractivity contribution in [1.82, 2.24) is 10.3 Å². The summed E-state index contributed by atoms with van der Waals surface area (Å²) in [6, 6.07) is 1.000. The van der Waals surface area contributed by atoms with Crippen LogP contribution < -0.4 is 5.32 Å². The number of nitrogens with one attached hydrogen (secondary N) is 1. The van der Waals surface area contributed by atoms with Gasteiger partial charge in [-0.3, -0.25) is 4.98 Å². The van der Waals surface area contributed by atoms with Crippen molar-refractivity contribution in [2.75, 3.05) is 7.05 Å². The normalized spacial score (nSPS) is 15.7. The first kappa shape index (κ1) is 14.3. The Kier molecular flexibility index (Phi) is 4.38. The molecule has 0 aromatic carbocycles. The van der Waals surface area contributed by atoms with Crippen LogP contribution in [0.4, 0.5) is 13.2 Å². The molecule has 1 N–H and O–H groups in total. The molecule has 0 aliphatic rings. The third kappa shape index (κ3) is 3.33. The van der Waals surface area contributed by atoms with Gasteiger partial charge in [0, 0.05) is 18.2 Å². The lowest BCUT2D eigenvalue weighted by Gasteiger charge is -2.20. The number of pyridine rings is 1. The Hall–Kier alpha value is -0.810. The molecule has 0 aliphatic heterocycles. The van der Waals surface area contributed by atoms with Crippen LogP contribution in [0.1, 0.15) is 31.0 Å². The van der Waals surface area contributed by atoms with Gasteiger partial charge in [0.2, 0.25) is 0 Å². The van der Waals surface area contributed by atoms with E-state index in [1.807, 2.05) is 13.8 Å². The maximum atomic E-state index is 12.4. The zero-order valence-corrected chi connectivity index (χ0v) is 10.5. The summed E-state index contributed by atoms with van der Waals surface area (Å²) in [7, 11) is 1.78. The summed E-state index contributed by atoms with van der Waals surface area (Å²) < 4.78 is 37.2. The molecule has 96 valence electrons. The second-order valence-electron chi connectivity index (χ2n) is 3.95. The molecule has 0 amide bonds. The van der Waals surface area contributed by atoms with Gasteiger partial charge in [-0.15, -0.1) is 0 Å². The zero-order chi connectivity index (χ0) is 13.2. The molecule has 1 aromatic heterocycles. The van der Waals surface area contributed by atoms with E-state index in [4.69, 9.17) is 11.6 Å². The van der Waals surface area contributed by atoms with Crippen LogP contribution in [-0.2, 0) is 6.18 Å². The third-order valence-corrected chi connectivity index (χ3v) is 3.14. The van der Waals surface area contributed by atoms with Crippen LogP contribution in [0.15, 0.2) is 12.3 Å². The molecule has 1 rings (SSSR count). The highest BCUT2D eigenvalue weighted by Gasteiger charge is 2.32. The lowest BCUT2D eigenvalue weighted by molar-refractivity contribution is -0.137. The fourth-order valence-electron chi connectivity index (χ4n) is 1.43. The molecule has 0 saturated carbocycles. The van der Waals surface area contributed by atoms with Crippen LogP contribution in [-0.4, -0.2) is 18.1 Å². The summed E-state index contributed by atoms with van der Waals surface area (Å²) in [6.45, 7) is 3.78. The molecule has 0 bridgehead atoms. The molecule has 6 heteroatoms. The lowest BCUT2D eigenvalue weighted by Crippen LogP contribution is -2.28. The van der Waals surface area contributed by atoms with Crippen molar-refractivity contribution in [2.45, 2.75) is 32.0 Å². The first-order valence-electron chi connectivity index (χ1n) is 5.17. The van der Waals surface area contributed by atoms with Crippen LogP contribution in [0, 0.1) is 0 Å².